The molecule has 0 aromatic carbocycles. The number of hydrogen-bond donors (Lipinski definition) is 1. The number of aryl methyl sites for hydroxylation is 1. The van der Waals surface area contributed by atoms with Crippen LogP contribution in [0.2, 0.25) is 0 Å². The van der Waals surface area contributed by atoms with Gasteiger partial charge in [0.05, 0.1) is 22.8 Å². The van der Waals surface area contributed by atoms with Gasteiger partial charge in [0.25, 0.3) is 11.6 Å². The Morgan fingerprint density at radius 2 is 2.26 bits per heavy atom. The molecule has 0 saturated carbocycles. The number of carbonyl (C=O) groups is 1. The minimum atomic E-state index is -0.329. The van der Waals surface area contributed by atoms with Crippen molar-refractivity contribution in [2.24, 2.45) is 0 Å². The summed E-state index contributed by atoms with van der Waals surface area (Å²) >= 11 is 1.12. The number of rotatable bonds is 3. The first-order chi connectivity index (χ1) is 11.0. The van der Waals surface area contributed by atoms with Gasteiger partial charge in [-0.05, 0) is 18.9 Å². The number of thiazole rings is 1. The minimum absolute atomic E-state index is 0.0948. The van der Waals surface area contributed by atoms with E-state index in [0.29, 0.717) is 38.1 Å². The predicted molar refractivity (Wildman–Crippen MR) is 85.4 cm³/mol. The maximum atomic E-state index is 12.6. The van der Waals surface area contributed by atoms with Crippen molar-refractivity contribution in [1.82, 2.24) is 15.1 Å². The van der Waals surface area contributed by atoms with E-state index >= 15 is 0 Å². The van der Waals surface area contributed by atoms with E-state index in [1.54, 1.807) is 13.0 Å². The van der Waals surface area contributed by atoms with Gasteiger partial charge < -0.3 is 4.52 Å². The summed E-state index contributed by atoms with van der Waals surface area (Å²) in [6.07, 6.45) is 1.42. The molecule has 3 aromatic heterocycles. The van der Waals surface area contributed by atoms with Crippen LogP contribution in [-0.4, -0.2) is 21.0 Å². The Morgan fingerprint density at radius 1 is 1.48 bits per heavy atom. The first kappa shape index (κ1) is 15.1. The molecule has 1 N–H and O–H groups in total. The molecule has 0 bridgehead atoms. The Balaban J connectivity index is 2.05. The normalized spacial score (nSPS) is 10.9. The van der Waals surface area contributed by atoms with E-state index in [1.807, 2.05) is 19.9 Å². The van der Waals surface area contributed by atoms with Gasteiger partial charge in [-0.2, -0.15) is 5.26 Å². The van der Waals surface area contributed by atoms with Crippen LogP contribution in [0.4, 0.5) is 5.13 Å². The molecule has 1 amide bonds. The topological polar surface area (TPSA) is 105 Å². The first-order valence-electron chi connectivity index (χ1n) is 6.93. The van der Waals surface area contributed by atoms with E-state index in [4.69, 9.17) is 9.78 Å². The van der Waals surface area contributed by atoms with Crippen LogP contribution in [0.5, 0.6) is 0 Å². The zero-order valence-electron chi connectivity index (χ0n) is 12.7. The maximum Gasteiger partial charge on any atom is 0.259 e. The number of pyridine rings is 1. The lowest BCUT2D eigenvalue weighted by Crippen LogP contribution is -2.13. The van der Waals surface area contributed by atoms with Crippen LogP contribution in [-0.2, 0) is 0 Å². The standard InChI is InChI=1S/C15H13N5O2S/c1-7(2)12-11-10(4-8(3)18-14(11)22-20-12)13(21)19-15-17-6-9(5-16)23-15/h4,6-7H,1-3H3,(H,17,19,21). The molecule has 3 aromatic rings. The Hall–Kier alpha value is -2.79. The van der Waals surface area contributed by atoms with Crippen LogP contribution in [0.3, 0.4) is 0 Å². The largest absolute Gasteiger partial charge is 0.335 e. The second-order valence-electron chi connectivity index (χ2n) is 5.31. The fourth-order valence-electron chi connectivity index (χ4n) is 2.22. The van der Waals surface area contributed by atoms with Crippen LogP contribution in [0.25, 0.3) is 11.1 Å². The maximum absolute atomic E-state index is 12.6. The smallest absolute Gasteiger partial charge is 0.259 e. The third-order valence-corrected chi connectivity index (χ3v) is 4.05. The van der Waals surface area contributed by atoms with Crippen molar-refractivity contribution in [1.29, 1.82) is 5.26 Å². The minimum Gasteiger partial charge on any atom is -0.335 e. The van der Waals surface area contributed by atoms with E-state index in [-0.39, 0.29) is 11.8 Å². The molecule has 8 heteroatoms. The lowest BCUT2D eigenvalue weighted by molar-refractivity contribution is 0.102. The number of hydrogen-bond acceptors (Lipinski definition) is 7. The van der Waals surface area contributed by atoms with E-state index in [0.717, 1.165) is 11.3 Å². The Bertz CT molecular complexity index is 935. The molecule has 0 fully saturated rings. The molecule has 0 aliphatic carbocycles. The predicted octanol–water partition coefficient (Wildman–Crippen LogP) is 3.24. The summed E-state index contributed by atoms with van der Waals surface area (Å²) < 4.78 is 5.26. The van der Waals surface area contributed by atoms with Gasteiger partial charge in [-0.25, -0.2) is 9.97 Å². The zero-order valence-corrected chi connectivity index (χ0v) is 13.6. The second-order valence-corrected chi connectivity index (χ2v) is 6.34. The highest BCUT2D eigenvalue weighted by atomic mass is 32.1. The molecular weight excluding hydrogens is 314 g/mol. The van der Waals surface area contributed by atoms with Gasteiger partial charge in [0.15, 0.2) is 5.13 Å². The van der Waals surface area contributed by atoms with Gasteiger partial charge in [0.2, 0.25) is 0 Å². The number of aromatic nitrogens is 3. The summed E-state index contributed by atoms with van der Waals surface area (Å²) in [5.74, 6) is -0.234. The van der Waals surface area contributed by atoms with E-state index in [2.05, 4.69) is 20.4 Å². The Labute approximate surface area is 136 Å². The van der Waals surface area contributed by atoms with Crippen molar-refractivity contribution >= 4 is 33.5 Å². The monoisotopic (exact) mass is 327 g/mol. The van der Waals surface area contributed by atoms with Crippen molar-refractivity contribution < 1.29 is 9.32 Å². The summed E-state index contributed by atoms with van der Waals surface area (Å²) in [6, 6.07) is 3.68. The van der Waals surface area contributed by atoms with Crippen LogP contribution < -0.4 is 5.32 Å². The molecule has 3 heterocycles. The number of anilines is 1. The third-order valence-electron chi connectivity index (χ3n) is 3.23. The van der Waals surface area contributed by atoms with E-state index in [1.165, 1.54) is 6.20 Å². The van der Waals surface area contributed by atoms with Gasteiger partial charge in [0.1, 0.15) is 10.9 Å². The highest BCUT2D eigenvalue weighted by molar-refractivity contribution is 7.16. The van der Waals surface area contributed by atoms with Crippen molar-refractivity contribution in [2.75, 3.05) is 5.32 Å². The fourth-order valence-corrected chi connectivity index (χ4v) is 2.83. The summed E-state index contributed by atoms with van der Waals surface area (Å²) in [6.45, 7) is 5.72. The first-order valence-corrected chi connectivity index (χ1v) is 7.75. The summed E-state index contributed by atoms with van der Waals surface area (Å²) in [7, 11) is 0. The third kappa shape index (κ3) is 2.78. The molecule has 0 unspecified atom stereocenters. The van der Waals surface area contributed by atoms with Crippen molar-refractivity contribution in [3.05, 3.63) is 34.1 Å². The lowest BCUT2D eigenvalue weighted by atomic mass is 10.0. The molecule has 0 spiro atoms. The van der Waals surface area contributed by atoms with Crippen LogP contribution >= 0.6 is 11.3 Å². The number of nitrogens with zero attached hydrogens (tertiary/aromatic N) is 4. The van der Waals surface area contributed by atoms with Crippen molar-refractivity contribution in [3.8, 4) is 6.07 Å². The van der Waals surface area contributed by atoms with Crippen molar-refractivity contribution in [2.45, 2.75) is 26.7 Å². The van der Waals surface area contributed by atoms with Crippen LogP contribution in [0.1, 0.15) is 46.4 Å². The molecule has 0 aliphatic rings. The van der Waals surface area contributed by atoms with Gasteiger partial charge in [-0.15, -0.1) is 0 Å². The molecule has 0 saturated heterocycles. The number of carbonyl (C=O) groups excluding carboxylic acids is 1. The molecule has 0 atom stereocenters. The number of amides is 1. The second kappa shape index (κ2) is 5.78. The Morgan fingerprint density at radius 3 is 2.91 bits per heavy atom. The summed E-state index contributed by atoms with van der Waals surface area (Å²) in [4.78, 5) is 21.4. The van der Waals surface area contributed by atoms with Crippen LogP contribution in [0, 0.1) is 18.3 Å². The van der Waals surface area contributed by atoms with Crippen molar-refractivity contribution in [3.63, 3.8) is 0 Å². The van der Waals surface area contributed by atoms with E-state index in [9.17, 15) is 4.79 Å². The quantitative estimate of drug-likeness (QED) is 0.791. The Kier molecular flexibility index (Phi) is 3.80. The van der Waals surface area contributed by atoms with Gasteiger partial charge in [-0.1, -0.05) is 30.3 Å². The highest BCUT2D eigenvalue weighted by Crippen LogP contribution is 2.28. The summed E-state index contributed by atoms with van der Waals surface area (Å²) in [5.41, 5.74) is 2.13. The SMILES string of the molecule is Cc1cc(C(=O)Nc2ncc(C#N)s2)c2c(C(C)C)noc2n1. The number of nitrogens with one attached hydrogen (secondary N) is 1. The number of fused-ring (bicyclic) bond motifs is 1. The van der Waals surface area contributed by atoms with Gasteiger partial charge in [-0.3, -0.25) is 10.1 Å². The molecule has 7 nitrogen and oxygen atoms in total. The molecule has 3 rings (SSSR count). The zero-order chi connectivity index (χ0) is 16.6. The van der Waals surface area contributed by atoms with Gasteiger partial charge in [0, 0.05) is 5.69 Å². The average molecular weight is 327 g/mol. The highest BCUT2D eigenvalue weighted by Gasteiger charge is 2.22. The molecule has 116 valence electrons. The van der Waals surface area contributed by atoms with Gasteiger partial charge >= 0.3 is 0 Å². The summed E-state index contributed by atoms with van der Waals surface area (Å²) in [5, 5.41) is 16.5. The molecule has 0 radical (unpaired) electrons. The fraction of sp³-hybridized carbons (Fsp3) is 0.267. The number of nitriles is 1. The lowest BCUT2D eigenvalue weighted by Gasteiger charge is -2.06. The molecule has 0 aliphatic heterocycles. The van der Waals surface area contributed by atoms with Crippen LogP contribution in [0.15, 0.2) is 16.8 Å². The molecular formula is C15H13N5O2S. The molecule has 23 heavy (non-hydrogen) atoms. The van der Waals surface area contributed by atoms with E-state index < -0.39 is 0 Å². The average Bonchev–Trinajstić information content (AvgIpc) is 3.12.